The number of amides is 2. The van der Waals surface area contributed by atoms with E-state index in [4.69, 9.17) is 0 Å². The van der Waals surface area contributed by atoms with Gasteiger partial charge in [-0.05, 0) is 12.5 Å². The van der Waals surface area contributed by atoms with E-state index < -0.39 is 0 Å². The van der Waals surface area contributed by atoms with Gasteiger partial charge < -0.3 is 0 Å². The average molecular weight is 219 g/mol. The molecule has 0 unspecified atom stereocenters. The largest absolute Gasteiger partial charge is 0.334 e. The maximum atomic E-state index is 11.5. The number of aromatic nitrogens is 2. The third-order valence-electron chi connectivity index (χ3n) is 2.14. The highest BCUT2D eigenvalue weighted by Gasteiger charge is 2.09. The summed E-state index contributed by atoms with van der Waals surface area (Å²) in [6.07, 6.45) is 8.04. The van der Waals surface area contributed by atoms with Gasteiger partial charge in [-0.3, -0.25) is 10.7 Å². The van der Waals surface area contributed by atoms with Crippen LogP contribution < -0.4 is 10.7 Å². The number of carbonyl (C=O) groups excluding carboxylic acids is 1. The predicted octanol–water partition coefficient (Wildman–Crippen LogP) is 0.775. The lowest BCUT2D eigenvalue weighted by atomic mass is 10.3. The summed E-state index contributed by atoms with van der Waals surface area (Å²) in [5.74, 6) is 0.486. The number of hydrogen-bond donors (Lipinski definition) is 2. The molecule has 0 aromatic carbocycles. The zero-order chi connectivity index (χ0) is 11.2. The van der Waals surface area contributed by atoms with Crippen LogP contribution in [-0.4, -0.2) is 34.1 Å². The normalized spacial score (nSPS) is 15.8. The van der Waals surface area contributed by atoms with Gasteiger partial charge in [-0.1, -0.05) is 12.2 Å². The van der Waals surface area contributed by atoms with Crippen LogP contribution in [0.25, 0.3) is 0 Å². The fraction of sp³-hybridized carbons (Fsp3) is 0.300. The lowest BCUT2D eigenvalue weighted by Gasteiger charge is -2.23. The van der Waals surface area contributed by atoms with Crippen LogP contribution in [0, 0.1) is 0 Å². The van der Waals surface area contributed by atoms with Crippen molar-refractivity contribution in [2.75, 3.05) is 18.4 Å². The summed E-state index contributed by atoms with van der Waals surface area (Å²) in [4.78, 5) is 19.2. The number of nitrogens with zero attached hydrogens (tertiary/aromatic N) is 3. The van der Waals surface area contributed by atoms with Crippen molar-refractivity contribution in [3.05, 3.63) is 30.7 Å². The molecule has 84 valence electrons. The summed E-state index contributed by atoms with van der Waals surface area (Å²) < 4.78 is 0. The van der Waals surface area contributed by atoms with Crippen LogP contribution in [0.15, 0.2) is 30.7 Å². The topological polar surface area (TPSA) is 70.1 Å². The molecule has 2 rings (SSSR count). The Morgan fingerprint density at radius 1 is 1.44 bits per heavy atom. The van der Waals surface area contributed by atoms with E-state index >= 15 is 0 Å². The fourth-order valence-corrected chi connectivity index (χ4v) is 1.40. The Balaban J connectivity index is 1.82. The summed E-state index contributed by atoms with van der Waals surface area (Å²) in [6, 6.07) is 1.35. The fourth-order valence-electron chi connectivity index (χ4n) is 1.40. The molecule has 0 atom stereocenters. The minimum absolute atomic E-state index is 0.283. The van der Waals surface area contributed by atoms with Gasteiger partial charge in [0, 0.05) is 19.3 Å². The SMILES string of the molecule is O=C(Nc1ccncn1)NN1CC=CCC1. The Morgan fingerprint density at radius 2 is 2.38 bits per heavy atom. The highest BCUT2D eigenvalue weighted by atomic mass is 16.2. The Labute approximate surface area is 93.4 Å². The first kappa shape index (κ1) is 10.6. The van der Waals surface area contributed by atoms with Crippen molar-refractivity contribution in [3.8, 4) is 0 Å². The van der Waals surface area contributed by atoms with Crippen LogP contribution in [0.2, 0.25) is 0 Å². The van der Waals surface area contributed by atoms with Crippen molar-refractivity contribution in [2.24, 2.45) is 0 Å². The second-order valence-corrected chi connectivity index (χ2v) is 3.37. The second-order valence-electron chi connectivity index (χ2n) is 3.37. The third-order valence-corrected chi connectivity index (χ3v) is 2.14. The Hall–Kier alpha value is -1.95. The van der Waals surface area contributed by atoms with Gasteiger partial charge in [-0.2, -0.15) is 0 Å². The van der Waals surface area contributed by atoms with Gasteiger partial charge in [-0.15, -0.1) is 0 Å². The first-order valence-electron chi connectivity index (χ1n) is 5.08. The lowest BCUT2D eigenvalue weighted by molar-refractivity contribution is 0.195. The number of rotatable bonds is 2. The highest BCUT2D eigenvalue weighted by Crippen LogP contribution is 2.00. The molecule has 1 aliphatic heterocycles. The van der Waals surface area contributed by atoms with Gasteiger partial charge in [0.05, 0.1) is 0 Å². The van der Waals surface area contributed by atoms with E-state index in [-0.39, 0.29) is 6.03 Å². The second kappa shape index (κ2) is 5.22. The molecule has 2 N–H and O–H groups in total. The highest BCUT2D eigenvalue weighted by molar-refractivity contribution is 5.87. The molecular formula is C10H13N5O. The van der Waals surface area contributed by atoms with Crippen molar-refractivity contribution in [1.82, 2.24) is 20.4 Å². The molecule has 1 aliphatic rings. The van der Waals surface area contributed by atoms with Crippen molar-refractivity contribution in [3.63, 3.8) is 0 Å². The first-order valence-corrected chi connectivity index (χ1v) is 5.08. The molecule has 0 spiro atoms. The van der Waals surface area contributed by atoms with Crippen molar-refractivity contribution in [1.29, 1.82) is 0 Å². The van der Waals surface area contributed by atoms with Gasteiger partial charge >= 0.3 is 6.03 Å². The smallest absolute Gasteiger partial charge is 0.291 e. The van der Waals surface area contributed by atoms with Crippen molar-refractivity contribution in [2.45, 2.75) is 6.42 Å². The van der Waals surface area contributed by atoms with E-state index in [0.29, 0.717) is 5.82 Å². The molecule has 0 saturated carbocycles. The third kappa shape index (κ3) is 3.03. The summed E-state index contributed by atoms with van der Waals surface area (Å²) in [7, 11) is 0. The molecule has 6 nitrogen and oxygen atoms in total. The molecule has 16 heavy (non-hydrogen) atoms. The van der Waals surface area contributed by atoms with E-state index in [1.165, 1.54) is 6.33 Å². The minimum Gasteiger partial charge on any atom is -0.291 e. The molecule has 1 aromatic heterocycles. The molecule has 0 bridgehead atoms. The number of nitrogens with one attached hydrogen (secondary N) is 2. The quantitative estimate of drug-likeness (QED) is 0.721. The zero-order valence-corrected chi connectivity index (χ0v) is 8.76. The number of carbonyl (C=O) groups is 1. The van der Waals surface area contributed by atoms with E-state index in [9.17, 15) is 4.79 Å². The van der Waals surface area contributed by atoms with E-state index in [1.807, 2.05) is 11.1 Å². The van der Waals surface area contributed by atoms with Gasteiger partial charge in [0.25, 0.3) is 0 Å². The number of hydrogen-bond acceptors (Lipinski definition) is 4. The van der Waals surface area contributed by atoms with Crippen molar-refractivity contribution >= 4 is 11.8 Å². The van der Waals surface area contributed by atoms with E-state index in [1.54, 1.807) is 12.3 Å². The van der Waals surface area contributed by atoms with Crippen LogP contribution in [0.5, 0.6) is 0 Å². The van der Waals surface area contributed by atoms with Crippen LogP contribution in [0.4, 0.5) is 10.6 Å². The van der Waals surface area contributed by atoms with Crippen LogP contribution in [-0.2, 0) is 0 Å². The maximum Gasteiger partial charge on any atom is 0.334 e. The molecule has 6 heteroatoms. The number of urea groups is 1. The Bertz CT molecular complexity index is 378. The molecule has 0 aliphatic carbocycles. The molecule has 0 saturated heterocycles. The summed E-state index contributed by atoms with van der Waals surface area (Å²) in [5, 5.41) is 4.47. The number of hydrazine groups is 1. The van der Waals surface area contributed by atoms with Crippen LogP contribution in [0.3, 0.4) is 0 Å². The molecule has 2 amide bonds. The number of anilines is 1. The average Bonchev–Trinajstić information content (AvgIpc) is 2.31. The zero-order valence-electron chi connectivity index (χ0n) is 8.76. The molecule has 2 heterocycles. The van der Waals surface area contributed by atoms with Crippen LogP contribution >= 0.6 is 0 Å². The molecular weight excluding hydrogens is 206 g/mol. The van der Waals surface area contributed by atoms with Gasteiger partial charge in [0.2, 0.25) is 0 Å². The van der Waals surface area contributed by atoms with Crippen LogP contribution in [0.1, 0.15) is 6.42 Å². The van der Waals surface area contributed by atoms with E-state index in [2.05, 4.69) is 26.8 Å². The predicted molar refractivity (Wildman–Crippen MR) is 59.5 cm³/mol. The standard InChI is InChI=1S/C10H13N5O/c16-10(13-9-4-5-11-8-12-9)14-15-6-2-1-3-7-15/h1-2,4-5,8H,3,6-7H2,(H2,11,12,13,14,16). The molecule has 0 radical (unpaired) electrons. The molecule has 0 fully saturated rings. The maximum absolute atomic E-state index is 11.5. The Kier molecular flexibility index (Phi) is 3.45. The summed E-state index contributed by atoms with van der Waals surface area (Å²) >= 11 is 0. The van der Waals surface area contributed by atoms with Gasteiger partial charge in [0.1, 0.15) is 12.1 Å². The van der Waals surface area contributed by atoms with E-state index in [0.717, 1.165) is 19.5 Å². The molecule has 1 aromatic rings. The minimum atomic E-state index is -0.283. The van der Waals surface area contributed by atoms with Gasteiger partial charge in [0.15, 0.2) is 0 Å². The lowest BCUT2D eigenvalue weighted by Crippen LogP contribution is -2.45. The monoisotopic (exact) mass is 219 g/mol. The Morgan fingerprint density at radius 3 is 3.06 bits per heavy atom. The first-order chi connectivity index (χ1) is 7.84. The van der Waals surface area contributed by atoms with Crippen molar-refractivity contribution < 1.29 is 4.79 Å². The summed E-state index contributed by atoms with van der Waals surface area (Å²) in [5.41, 5.74) is 2.74. The van der Waals surface area contributed by atoms with Gasteiger partial charge in [-0.25, -0.2) is 19.8 Å². The summed E-state index contributed by atoms with van der Waals surface area (Å²) in [6.45, 7) is 1.56.